The lowest BCUT2D eigenvalue weighted by atomic mass is 9.79. The van der Waals surface area contributed by atoms with Gasteiger partial charge in [-0.05, 0) is 75.5 Å². The number of anilines is 1. The van der Waals surface area contributed by atoms with Crippen LogP contribution in [0.25, 0.3) is 11.3 Å². The van der Waals surface area contributed by atoms with Crippen molar-refractivity contribution in [1.29, 1.82) is 0 Å². The van der Waals surface area contributed by atoms with Crippen molar-refractivity contribution in [3.8, 4) is 11.3 Å². The molecular formula is C20H23F2N3. The maximum atomic E-state index is 14.1. The van der Waals surface area contributed by atoms with Crippen LogP contribution in [-0.4, -0.2) is 35.1 Å². The minimum absolute atomic E-state index is 0.200. The summed E-state index contributed by atoms with van der Waals surface area (Å²) in [5.74, 6) is -0.164. The highest BCUT2D eigenvalue weighted by Gasteiger charge is 2.39. The van der Waals surface area contributed by atoms with Gasteiger partial charge in [-0.15, -0.1) is 0 Å². The summed E-state index contributed by atoms with van der Waals surface area (Å²) in [7, 11) is 0. The van der Waals surface area contributed by atoms with E-state index < -0.39 is 11.6 Å². The number of nitrogens with zero attached hydrogens (tertiary/aromatic N) is 2. The summed E-state index contributed by atoms with van der Waals surface area (Å²) >= 11 is 0. The molecule has 2 bridgehead atoms. The average Bonchev–Trinajstić information content (AvgIpc) is 2.62. The second kappa shape index (κ2) is 6.37. The van der Waals surface area contributed by atoms with E-state index in [-0.39, 0.29) is 5.56 Å². The van der Waals surface area contributed by atoms with Gasteiger partial charge in [-0.1, -0.05) is 0 Å². The van der Waals surface area contributed by atoms with Crippen molar-refractivity contribution >= 4 is 5.69 Å². The summed E-state index contributed by atoms with van der Waals surface area (Å²) in [4.78, 5) is 6.88. The quantitative estimate of drug-likeness (QED) is 0.904. The maximum absolute atomic E-state index is 14.1. The topological polar surface area (TPSA) is 28.2 Å². The zero-order valence-electron chi connectivity index (χ0n) is 14.6. The first kappa shape index (κ1) is 16.5. The van der Waals surface area contributed by atoms with E-state index in [4.69, 9.17) is 0 Å². The maximum Gasteiger partial charge on any atom is 0.133 e. The summed E-state index contributed by atoms with van der Waals surface area (Å²) < 4.78 is 27.9. The number of benzene rings is 1. The highest BCUT2D eigenvalue weighted by Crippen LogP contribution is 2.34. The smallest absolute Gasteiger partial charge is 0.133 e. The average molecular weight is 343 g/mol. The van der Waals surface area contributed by atoms with E-state index in [1.54, 1.807) is 19.2 Å². The van der Waals surface area contributed by atoms with Gasteiger partial charge >= 0.3 is 0 Å². The van der Waals surface area contributed by atoms with Gasteiger partial charge in [0.25, 0.3) is 0 Å². The predicted octanol–water partition coefficient (Wildman–Crippen LogP) is 4.23. The van der Waals surface area contributed by atoms with Gasteiger partial charge < -0.3 is 5.32 Å². The van der Waals surface area contributed by atoms with Crippen LogP contribution < -0.4 is 5.32 Å². The molecule has 5 rings (SSSR count). The number of aromatic nitrogens is 1. The van der Waals surface area contributed by atoms with Crippen molar-refractivity contribution in [2.45, 2.75) is 38.8 Å². The molecule has 0 radical (unpaired) electrons. The fourth-order valence-corrected chi connectivity index (χ4v) is 4.22. The molecule has 3 aliphatic heterocycles. The van der Waals surface area contributed by atoms with Crippen LogP contribution in [-0.2, 0) is 0 Å². The Labute approximate surface area is 147 Å². The molecule has 1 aromatic carbocycles. The number of nitrogens with one attached hydrogen (secondary N) is 1. The second-order valence-corrected chi connectivity index (χ2v) is 7.30. The third kappa shape index (κ3) is 3.01. The molecule has 2 atom stereocenters. The molecule has 0 saturated carbocycles. The van der Waals surface area contributed by atoms with Crippen LogP contribution >= 0.6 is 0 Å². The summed E-state index contributed by atoms with van der Waals surface area (Å²) in [5.41, 5.74) is 1.88. The molecule has 0 spiro atoms. The SMILES string of the molecule is Cc1cc(F)c(-c2ccc(N[C@@H]3C4CCN(CC4)[C@@H]3C)cn2)cc1F. The Balaban J connectivity index is 1.54. The van der Waals surface area contributed by atoms with E-state index in [2.05, 4.69) is 22.1 Å². The lowest BCUT2D eigenvalue weighted by Gasteiger charge is -2.50. The van der Waals surface area contributed by atoms with Gasteiger partial charge in [0.1, 0.15) is 11.6 Å². The Morgan fingerprint density at radius 2 is 1.88 bits per heavy atom. The van der Waals surface area contributed by atoms with E-state index in [0.29, 0.717) is 29.3 Å². The number of halogens is 2. The fraction of sp³-hybridized carbons (Fsp3) is 0.450. The van der Waals surface area contributed by atoms with Gasteiger partial charge in [-0.2, -0.15) is 0 Å². The zero-order chi connectivity index (χ0) is 17.6. The Bertz CT molecular complexity index is 765. The Morgan fingerprint density at radius 1 is 1.12 bits per heavy atom. The standard InChI is InChI=1S/C20H23F2N3/c1-12-9-18(22)16(10-17(12)21)19-4-3-15(11-23-19)24-20-13(2)25-7-5-14(20)6-8-25/h3-4,9-11,13-14,20,24H,5-8H2,1-2H3/t13-,20+/m1/s1. The largest absolute Gasteiger partial charge is 0.379 e. The first-order valence-corrected chi connectivity index (χ1v) is 8.95. The summed E-state index contributed by atoms with van der Waals surface area (Å²) in [6.07, 6.45) is 4.19. The molecule has 2 aromatic rings. The van der Waals surface area contributed by atoms with Gasteiger partial charge in [0.2, 0.25) is 0 Å². The van der Waals surface area contributed by atoms with Crippen molar-refractivity contribution in [2.24, 2.45) is 5.92 Å². The van der Waals surface area contributed by atoms with Crippen molar-refractivity contribution in [1.82, 2.24) is 9.88 Å². The summed E-state index contributed by atoms with van der Waals surface area (Å²) in [6.45, 7) is 6.21. The molecule has 0 unspecified atom stereocenters. The highest BCUT2D eigenvalue weighted by atomic mass is 19.1. The minimum atomic E-state index is -0.446. The molecule has 3 nitrogen and oxygen atoms in total. The fourth-order valence-electron chi connectivity index (χ4n) is 4.22. The molecule has 3 saturated heterocycles. The molecule has 5 heteroatoms. The first-order valence-electron chi connectivity index (χ1n) is 8.95. The predicted molar refractivity (Wildman–Crippen MR) is 95.5 cm³/mol. The van der Waals surface area contributed by atoms with Gasteiger partial charge in [0.05, 0.1) is 17.6 Å². The van der Waals surface area contributed by atoms with E-state index in [1.165, 1.54) is 38.1 Å². The van der Waals surface area contributed by atoms with E-state index in [1.807, 2.05) is 6.07 Å². The normalized spacial score (nSPS) is 28.2. The number of fused-ring (bicyclic) bond motifs is 3. The van der Waals surface area contributed by atoms with Crippen molar-refractivity contribution in [2.75, 3.05) is 18.4 Å². The van der Waals surface area contributed by atoms with E-state index >= 15 is 0 Å². The van der Waals surface area contributed by atoms with Crippen LogP contribution in [0.5, 0.6) is 0 Å². The number of hydrogen-bond acceptors (Lipinski definition) is 3. The number of piperidine rings is 3. The Hall–Kier alpha value is -2.01. The van der Waals surface area contributed by atoms with Gasteiger partial charge in [-0.3, -0.25) is 9.88 Å². The highest BCUT2D eigenvalue weighted by molar-refractivity contribution is 5.62. The van der Waals surface area contributed by atoms with Crippen LogP contribution in [0.3, 0.4) is 0 Å². The number of aryl methyl sites for hydroxylation is 1. The van der Waals surface area contributed by atoms with Crippen LogP contribution in [0.4, 0.5) is 14.5 Å². The van der Waals surface area contributed by atoms with Crippen molar-refractivity contribution in [3.63, 3.8) is 0 Å². The number of hydrogen-bond donors (Lipinski definition) is 1. The van der Waals surface area contributed by atoms with Crippen LogP contribution in [0, 0.1) is 24.5 Å². The molecule has 1 N–H and O–H groups in total. The van der Waals surface area contributed by atoms with Gasteiger partial charge in [-0.25, -0.2) is 8.78 Å². The monoisotopic (exact) mass is 343 g/mol. The zero-order valence-corrected chi connectivity index (χ0v) is 14.6. The van der Waals surface area contributed by atoms with Crippen LogP contribution in [0.15, 0.2) is 30.5 Å². The van der Waals surface area contributed by atoms with Gasteiger partial charge in [0, 0.05) is 17.6 Å². The molecule has 1 aromatic heterocycles. The summed E-state index contributed by atoms with van der Waals surface area (Å²) in [6, 6.07) is 7.02. The summed E-state index contributed by atoms with van der Waals surface area (Å²) in [5, 5.41) is 3.60. The number of pyridine rings is 1. The molecule has 132 valence electrons. The third-order valence-electron chi connectivity index (χ3n) is 5.80. The van der Waals surface area contributed by atoms with Crippen LogP contribution in [0.1, 0.15) is 25.3 Å². The minimum Gasteiger partial charge on any atom is -0.379 e. The van der Waals surface area contributed by atoms with Gasteiger partial charge in [0.15, 0.2) is 0 Å². The lowest BCUT2D eigenvalue weighted by molar-refractivity contribution is 0.0458. The molecule has 0 amide bonds. The number of rotatable bonds is 3. The second-order valence-electron chi connectivity index (χ2n) is 7.30. The van der Waals surface area contributed by atoms with E-state index in [9.17, 15) is 8.78 Å². The van der Waals surface area contributed by atoms with Crippen molar-refractivity contribution < 1.29 is 8.78 Å². The lowest BCUT2D eigenvalue weighted by Crippen LogP contribution is -2.59. The molecular weight excluding hydrogens is 320 g/mol. The molecule has 3 aliphatic rings. The molecule has 3 fully saturated rings. The van der Waals surface area contributed by atoms with Crippen molar-refractivity contribution in [3.05, 3.63) is 47.7 Å². The Kier molecular flexibility index (Phi) is 4.20. The first-order chi connectivity index (χ1) is 12.0. The van der Waals surface area contributed by atoms with E-state index in [0.717, 1.165) is 5.69 Å². The van der Waals surface area contributed by atoms with Crippen LogP contribution in [0.2, 0.25) is 0 Å². The molecule has 0 aliphatic carbocycles. The molecule has 4 heterocycles. The Morgan fingerprint density at radius 3 is 2.52 bits per heavy atom. The third-order valence-corrected chi connectivity index (χ3v) is 5.80. The molecule has 25 heavy (non-hydrogen) atoms.